The molecule has 1 unspecified atom stereocenters. The summed E-state index contributed by atoms with van der Waals surface area (Å²) in [7, 11) is 0. The topological polar surface area (TPSA) is 30.7 Å². The number of hydrogen-bond acceptors (Lipinski definition) is 3. The quantitative estimate of drug-likeness (QED) is 0.805. The lowest BCUT2D eigenvalue weighted by molar-refractivity contribution is 0.367. The normalized spacial score (nSPS) is 18.3. The van der Waals surface area contributed by atoms with Crippen molar-refractivity contribution in [2.24, 2.45) is 5.92 Å². The van der Waals surface area contributed by atoms with Gasteiger partial charge in [0.25, 0.3) is 0 Å². The molecule has 1 atom stereocenters. The van der Waals surface area contributed by atoms with E-state index in [0.29, 0.717) is 0 Å². The van der Waals surface area contributed by atoms with Gasteiger partial charge in [0.15, 0.2) is 5.82 Å². The minimum Gasteiger partial charge on any atom is -0.250 e. The van der Waals surface area contributed by atoms with Gasteiger partial charge < -0.3 is 0 Å². The molecule has 0 fully saturated rings. The summed E-state index contributed by atoms with van der Waals surface area (Å²) < 4.78 is 2.10. The Kier molecular flexibility index (Phi) is 3.60. The first-order valence-electron chi connectivity index (χ1n) is 6.80. The second-order valence-electron chi connectivity index (χ2n) is 5.26. The molecule has 0 N–H and O–H groups in total. The molecule has 2 aromatic rings. The molecule has 3 nitrogen and oxygen atoms in total. The zero-order valence-electron chi connectivity index (χ0n) is 11.5. The lowest BCUT2D eigenvalue weighted by Crippen LogP contribution is -2.18. The number of aryl methyl sites for hydroxylation is 1. The lowest BCUT2D eigenvalue weighted by Gasteiger charge is -2.17. The van der Waals surface area contributed by atoms with Crippen molar-refractivity contribution < 1.29 is 0 Å². The van der Waals surface area contributed by atoms with Crippen molar-refractivity contribution in [2.45, 2.75) is 37.6 Å². The Balaban J connectivity index is 1.84. The van der Waals surface area contributed by atoms with Crippen molar-refractivity contribution in [1.82, 2.24) is 14.8 Å². The van der Waals surface area contributed by atoms with Crippen LogP contribution in [0.2, 0.25) is 0 Å². The molecule has 3 rings (SSSR count). The Morgan fingerprint density at radius 2 is 2.21 bits per heavy atom. The second kappa shape index (κ2) is 5.37. The first-order valence-corrected chi connectivity index (χ1v) is 8.03. The predicted molar refractivity (Wildman–Crippen MR) is 78.5 cm³/mol. The SMILES string of the molecule is CSc1ccccc1Cc1nc2n(n1)CC(C)CC2. The van der Waals surface area contributed by atoms with Crippen LogP contribution in [0.1, 0.15) is 30.6 Å². The molecule has 100 valence electrons. The molecular formula is C15H19N3S. The maximum absolute atomic E-state index is 4.70. The van der Waals surface area contributed by atoms with E-state index in [1.165, 1.54) is 16.9 Å². The number of benzene rings is 1. The third-order valence-corrected chi connectivity index (χ3v) is 4.52. The summed E-state index contributed by atoms with van der Waals surface area (Å²) in [5.74, 6) is 2.85. The summed E-state index contributed by atoms with van der Waals surface area (Å²) in [6.45, 7) is 3.31. The highest BCUT2D eigenvalue weighted by Crippen LogP contribution is 2.23. The van der Waals surface area contributed by atoms with Crippen molar-refractivity contribution in [2.75, 3.05) is 6.26 Å². The molecule has 0 radical (unpaired) electrons. The Bertz CT molecular complexity index is 577. The largest absolute Gasteiger partial charge is 0.250 e. The van der Waals surface area contributed by atoms with Crippen molar-refractivity contribution >= 4 is 11.8 Å². The fraction of sp³-hybridized carbons (Fsp3) is 0.467. The maximum atomic E-state index is 4.70. The molecular weight excluding hydrogens is 254 g/mol. The molecule has 0 saturated heterocycles. The predicted octanol–water partition coefficient (Wildman–Crippen LogP) is 3.17. The van der Waals surface area contributed by atoms with Gasteiger partial charge in [0.1, 0.15) is 5.82 Å². The minimum absolute atomic E-state index is 0.723. The Morgan fingerprint density at radius 1 is 1.37 bits per heavy atom. The number of thioether (sulfide) groups is 1. The first-order chi connectivity index (χ1) is 9.26. The number of nitrogens with zero attached hydrogens (tertiary/aromatic N) is 3. The minimum atomic E-state index is 0.723. The van der Waals surface area contributed by atoms with Crippen LogP contribution >= 0.6 is 11.8 Å². The third-order valence-electron chi connectivity index (χ3n) is 3.68. The third kappa shape index (κ3) is 2.68. The van der Waals surface area contributed by atoms with E-state index in [-0.39, 0.29) is 0 Å². The average Bonchev–Trinajstić information content (AvgIpc) is 2.80. The Hall–Kier alpha value is -1.29. The van der Waals surface area contributed by atoms with Crippen LogP contribution in [0.3, 0.4) is 0 Å². The molecule has 1 aliphatic rings. The highest BCUT2D eigenvalue weighted by molar-refractivity contribution is 7.98. The highest BCUT2D eigenvalue weighted by atomic mass is 32.2. The van der Waals surface area contributed by atoms with Crippen LogP contribution in [0.4, 0.5) is 0 Å². The van der Waals surface area contributed by atoms with Gasteiger partial charge in [0.05, 0.1) is 0 Å². The molecule has 19 heavy (non-hydrogen) atoms. The van der Waals surface area contributed by atoms with Crippen molar-refractivity contribution in [3.05, 3.63) is 41.5 Å². The average molecular weight is 273 g/mol. The Morgan fingerprint density at radius 3 is 3.05 bits per heavy atom. The van der Waals surface area contributed by atoms with Gasteiger partial charge in [-0.3, -0.25) is 0 Å². The Labute approximate surface area is 118 Å². The van der Waals surface area contributed by atoms with Crippen LogP contribution in [-0.4, -0.2) is 21.0 Å². The molecule has 0 amide bonds. The summed E-state index contributed by atoms with van der Waals surface area (Å²) in [5.41, 5.74) is 1.32. The number of fused-ring (bicyclic) bond motifs is 1. The summed E-state index contributed by atoms with van der Waals surface area (Å²) in [4.78, 5) is 6.02. The van der Waals surface area contributed by atoms with E-state index in [9.17, 15) is 0 Å². The number of aromatic nitrogens is 3. The standard InChI is InChI=1S/C15H19N3S/c1-11-7-8-15-16-14(17-18(15)10-11)9-12-5-3-4-6-13(12)19-2/h3-6,11H,7-10H2,1-2H3. The van der Waals surface area contributed by atoms with Gasteiger partial charge in [0, 0.05) is 24.3 Å². The van der Waals surface area contributed by atoms with Gasteiger partial charge >= 0.3 is 0 Å². The van der Waals surface area contributed by atoms with Crippen LogP contribution in [-0.2, 0) is 19.4 Å². The molecule has 0 aliphatic carbocycles. The number of rotatable bonds is 3. The van der Waals surface area contributed by atoms with Gasteiger partial charge in [-0.2, -0.15) is 5.10 Å². The smallest absolute Gasteiger partial charge is 0.155 e. The molecule has 1 aromatic carbocycles. The summed E-state index contributed by atoms with van der Waals surface area (Å²) >= 11 is 1.79. The molecule has 4 heteroatoms. The monoisotopic (exact) mass is 273 g/mol. The summed E-state index contributed by atoms with van der Waals surface area (Å²) in [6.07, 6.45) is 5.26. The van der Waals surface area contributed by atoms with Gasteiger partial charge in [-0.15, -0.1) is 11.8 Å². The molecule has 1 aliphatic heterocycles. The van der Waals surface area contributed by atoms with Crippen LogP contribution in [0.5, 0.6) is 0 Å². The fourth-order valence-corrected chi connectivity index (χ4v) is 3.23. The fourth-order valence-electron chi connectivity index (χ4n) is 2.61. The van der Waals surface area contributed by atoms with Crippen molar-refractivity contribution in [3.8, 4) is 0 Å². The van der Waals surface area contributed by atoms with Gasteiger partial charge in [-0.25, -0.2) is 9.67 Å². The zero-order chi connectivity index (χ0) is 13.2. The summed E-state index contributed by atoms with van der Waals surface area (Å²) in [5, 5.41) is 4.67. The molecule has 2 heterocycles. The second-order valence-corrected chi connectivity index (χ2v) is 6.11. The van der Waals surface area contributed by atoms with Crippen LogP contribution in [0.25, 0.3) is 0 Å². The van der Waals surface area contributed by atoms with Crippen molar-refractivity contribution in [3.63, 3.8) is 0 Å². The molecule has 0 bridgehead atoms. The van der Waals surface area contributed by atoms with E-state index < -0.39 is 0 Å². The van der Waals surface area contributed by atoms with Gasteiger partial charge in [0.2, 0.25) is 0 Å². The van der Waals surface area contributed by atoms with E-state index >= 15 is 0 Å². The van der Waals surface area contributed by atoms with E-state index in [4.69, 9.17) is 4.98 Å². The van der Waals surface area contributed by atoms with E-state index in [1.807, 2.05) is 0 Å². The zero-order valence-corrected chi connectivity index (χ0v) is 12.3. The van der Waals surface area contributed by atoms with Gasteiger partial charge in [-0.1, -0.05) is 25.1 Å². The highest BCUT2D eigenvalue weighted by Gasteiger charge is 2.18. The first kappa shape index (κ1) is 12.7. The lowest BCUT2D eigenvalue weighted by atomic mass is 10.0. The van der Waals surface area contributed by atoms with Crippen LogP contribution < -0.4 is 0 Å². The maximum Gasteiger partial charge on any atom is 0.155 e. The number of hydrogen-bond donors (Lipinski definition) is 0. The molecule has 1 aromatic heterocycles. The molecule has 0 spiro atoms. The van der Waals surface area contributed by atoms with Gasteiger partial charge in [-0.05, 0) is 30.2 Å². The van der Waals surface area contributed by atoms with E-state index in [1.54, 1.807) is 11.8 Å². The van der Waals surface area contributed by atoms with E-state index in [2.05, 4.69) is 47.2 Å². The van der Waals surface area contributed by atoms with Crippen LogP contribution in [0.15, 0.2) is 29.2 Å². The molecule has 0 saturated carbocycles. The summed E-state index contributed by atoms with van der Waals surface area (Å²) in [6, 6.07) is 8.52. The van der Waals surface area contributed by atoms with Crippen LogP contribution in [0, 0.1) is 5.92 Å². The van der Waals surface area contributed by atoms with E-state index in [0.717, 1.165) is 37.0 Å². The van der Waals surface area contributed by atoms with Crippen molar-refractivity contribution in [1.29, 1.82) is 0 Å².